The van der Waals surface area contributed by atoms with E-state index in [1.54, 1.807) is 18.2 Å². The van der Waals surface area contributed by atoms with Crippen molar-refractivity contribution in [3.05, 3.63) is 35.4 Å². The lowest BCUT2D eigenvalue weighted by atomic mass is 10.1. The SMILES string of the molecule is COCC(O)CCNC(=O)c1cccc(C#N)c1. The fraction of sp³-hybridized carbons (Fsp3) is 0.385. The normalized spacial score (nSPS) is 11.6. The van der Waals surface area contributed by atoms with Gasteiger partial charge in [-0.25, -0.2) is 0 Å². The van der Waals surface area contributed by atoms with Crippen LogP contribution in [0.4, 0.5) is 0 Å². The minimum absolute atomic E-state index is 0.250. The van der Waals surface area contributed by atoms with Crippen LogP contribution in [0, 0.1) is 11.3 Å². The van der Waals surface area contributed by atoms with E-state index in [1.165, 1.54) is 13.2 Å². The number of nitrogens with one attached hydrogen (secondary N) is 1. The van der Waals surface area contributed by atoms with Crippen molar-refractivity contribution >= 4 is 5.91 Å². The summed E-state index contributed by atoms with van der Waals surface area (Å²) in [5.41, 5.74) is 0.886. The number of benzene rings is 1. The predicted molar refractivity (Wildman–Crippen MR) is 66.0 cm³/mol. The number of nitriles is 1. The number of carbonyl (C=O) groups is 1. The van der Waals surface area contributed by atoms with Crippen molar-refractivity contribution < 1.29 is 14.6 Å². The molecule has 1 amide bonds. The third kappa shape index (κ3) is 4.53. The second kappa shape index (κ2) is 7.43. The van der Waals surface area contributed by atoms with Crippen LogP contribution in [-0.4, -0.2) is 37.4 Å². The highest BCUT2D eigenvalue weighted by atomic mass is 16.5. The summed E-state index contributed by atoms with van der Waals surface area (Å²) in [6, 6.07) is 8.44. The van der Waals surface area contributed by atoms with Gasteiger partial charge in [0.25, 0.3) is 5.91 Å². The molecule has 0 heterocycles. The first-order valence-electron chi connectivity index (χ1n) is 5.62. The maximum atomic E-state index is 11.7. The van der Waals surface area contributed by atoms with E-state index in [9.17, 15) is 9.90 Å². The Balaban J connectivity index is 2.43. The van der Waals surface area contributed by atoms with E-state index < -0.39 is 6.10 Å². The molecular weight excluding hydrogens is 232 g/mol. The van der Waals surface area contributed by atoms with E-state index in [-0.39, 0.29) is 12.5 Å². The fourth-order valence-corrected chi connectivity index (χ4v) is 1.46. The third-order valence-corrected chi connectivity index (χ3v) is 2.38. The van der Waals surface area contributed by atoms with Crippen LogP contribution >= 0.6 is 0 Å². The molecule has 0 bridgehead atoms. The second-order valence-electron chi connectivity index (χ2n) is 3.85. The lowest BCUT2D eigenvalue weighted by Gasteiger charge is -2.10. The average Bonchev–Trinajstić information content (AvgIpc) is 2.39. The number of rotatable bonds is 6. The largest absolute Gasteiger partial charge is 0.391 e. The molecule has 0 saturated carbocycles. The smallest absolute Gasteiger partial charge is 0.251 e. The lowest BCUT2D eigenvalue weighted by molar-refractivity contribution is 0.0587. The summed E-state index contributed by atoms with van der Waals surface area (Å²) in [7, 11) is 1.51. The summed E-state index contributed by atoms with van der Waals surface area (Å²) < 4.78 is 4.78. The van der Waals surface area contributed by atoms with Crippen molar-refractivity contribution in [1.29, 1.82) is 5.26 Å². The first-order valence-corrected chi connectivity index (χ1v) is 5.62. The molecule has 2 N–H and O–H groups in total. The number of hydrogen-bond donors (Lipinski definition) is 2. The summed E-state index contributed by atoms with van der Waals surface area (Å²) >= 11 is 0. The molecular formula is C13H16N2O3. The van der Waals surface area contributed by atoms with Crippen LogP contribution in [0.25, 0.3) is 0 Å². The Hall–Kier alpha value is -1.90. The Kier molecular flexibility index (Phi) is 5.85. The topological polar surface area (TPSA) is 82.3 Å². The van der Waals surface area contributed by atoms with Gasteiger partial charge >= 0.3 is 0 Å². The number of aliphatic hydroxyl groups is 1. The van der Waals surface area contributed by atoms with Crippen LogP contribution in [0.5, 0.6) is 0 Å². The van der Waals surface area contributed by atoms with Crippen LogP contribution in [0.3, 0.4) is 0 Å². The zero-order chi connectivity index (χ0) is 13.4. The molecule has 0 radical (unpaired) electrons. The van der Waals surface area contributed by atoms with Crippen LogP contribution in [-0.2, 0) is 4.74 Å². The van der Waals surface area contributed by atoms with Gasteiger partial charge in [-0.3, -0.25) is 4.79 Å². The van der Waals surface area contributed by atoms with Crippen molar-refractivity contribution in [3.8, 4) is 6.07 Å². The molecule has 0 aliphatic rings. The van der Waals surface area contributed by atoms with Crippen LogP contribution < -0.4 is 5.32 Å². The summed E-state index contributed by atoms with van der Waals surface area (Å²) in [5.74, 6) is -0.253. The van der Waals surface area contributed by atoms with E-state index in [0.29, 0.717) is 24.1 Å². The van der Waals surface area contributed by atoms with Crippen molar-refractivity contribution in [2.45, 2.75) is 12.5 Å². The first kappa shape index (κ1) is 14.2. The summed E-state index contributed by atoms with van der Waals surface area (Å²) in [6.45, 7) is 0.611. The third-order valence-electron chi connectivity index (χ3n) is 2.38. The molecule has 0 spiro atoms. The average molecular weight is 248 g/mol. The minimum atomic E-state index is -0.583. The highest BCUT2D eigenvalue weighted by Crippen LogP contribution is 2.04. The zero-order valence-electron chi connectivity index (χ0n) is 10.2. The molecule has 18 heavy (non-hydrogen) atoms. The molecule has 0 saturated heterocycles. The van der Waals surface area contributed by atoms with Gasteiger partial charge < -0.3 is 15.2 Å². The van der Waals surface area contributed by atoms with Crippen molar-refractivity contribution in [1.82, 2.24) is 5.32 Å². The number of hydrogen-bond acceptors (Lipinski definition) is 4. The summed E-state index contributed by atoms with van der Waals surface area (Å²) in [6.07, 6.45) is -0.155. The molecule has 0 aliphatic heterocycles. The van der Waals surface area contributed by atoms with Crippen LogP contribution in [0.15, 0.2) is 24.3 Å². The predicted octanol–water partition coefficient (Wildman–Crippen LogP) is 0.685. The molecule has 0 aromatic heterocycles. The number of amides is 1. The highest BCUT2D eigenvalue weighted by molar-refractivity contribution is 5.94. The van der Waals surface area contributed by atoms with Gasteiger partial charge in [-0.05, 0) is 24.6 Å². The molecule has 1 atom stereocenters. The van der Waals surface area contributed by atoms with Gasteiger partial charge in [-0.2, -0.15) is 5.26 Å². The molecule has 1 unspecified atom stereocenters. The number of ether oxygens (including phenoxy) is 1. The van der Waals surface area contributed by atoms with Crippen molar-refractivity contribution in [3.63, 3.8) is 0 Å². The monoisotopic (exact) mass is 248 g/mol. The van der Waals surface area contributed by atoms with Gasteiger partial charge in [0.1, 0.15) is 0 Å². The van der Waals surface area contributed by atoms with E-state index in [2.05, 4.69) is 5.32 Å². The first-order chi connectivity index (χ1) is 8.67. The van der Waals surface area contributed by atoms with E-state index in [1.807, 2.05) is 6.07 Å². The summed E-state index contributed by atoms with van der Waals surface area (Å²) in [5, 5.41) is 20.8. The molecule has 5 nitrogen and oxygen atoms in total. The van der Waals surface area contributed by atoms with E-state index in [4.69, 9.17) is 10.00 Å². The van der Waals surface area contributed by atoms with Crippen LogP contribution in [0.1, 0.15) is 22.3 Å². The number of nitrogens with zero attached hydrogens (tertiary/aromatic N) is 1. The molecule has 96 valence electrons. The summed E-state index contributed by atoms with van der Waals surface area (Å²) in [4.78, 5) is 11.7. The Morgan fingerprint density at radius 3 is 3.06 bits per heavy atom. The van der Waals surface area contributed by atoms with Gasteiger partial charge in [0.15, 0.2) is 0 Å². The minimum Gasteiger partial charge on any atom is -0.391 e. The molecule has 5 heteroatoms. The number of methoxy groups -OCH3 is 1. The quantitative estimate of drug-likeness (QED) is 0.775. The Morgan fingerprint density at radius 1 is 1.61 bits per heavy atom. The van der Waals surface area contributed by atoms with Gasteiger partial charge in [0, 0.05) is 19.2 Å². The maximum Gasteiger partial charge on any atom is 0.251 e. The highest BCUT2D eigenvalue weighted by Gasteiger charge is 2.07. The maximum absolute atomic E-state index is 11.7. The Morgan fingerprint density at radius 2 is 2.39 bits per heavy atom. The van der Waals surface area contributed by atoms with E-state index in [0.717, 1.165) is 0 Å². The second-order valence-corrected chi connectivity index (χ2v) is 3.85. The van der Waals surface area contributed by atoms with E-state index >= 15 is 0 Å². The molecule has 0 fully saturated rings. The van der Waals surface area contributed by atoms with Gasteiger partial charge in [-0.1, -0.05) is 6.07 Å². The molecule has 1 aromatic rings. The lowest BCUT2D eigenvalue weighted by Crippen LogP contribution is -2.28. The molecule has 1 aromatic carbocycles. The number of carbonyl (C=O) groups excluding carboxylic acids is 1. The van der Waals surface area contributed by atoms with Crippen LogP contribution in [0.2, 0.25) is 0 Å². The zero-order valence-corrected chi connectivity index (χ0v) is 10.2. The molecule has 1 rings (SSSR count). The number of aliphatic hydroxyl groups excluding tert-OH is 1. The van der Waals surface area contributed by atoms with Crippen molar-refractivity contribution in [2.75, 3.05) is 20.3 Å². The van der Waals surface area contributed by atoms with Gasteiger partial charge in [0.05, 0.1) is 24.3 Å². The molecule has 0 aliphatic carbocycles. The Labute approximate surface area is 106 Å². The Bertz CT molecular complexity index is 440. The van der Waals surface area contributed by atoms with Gasteiger partial charge in [-0.15, -0.1) is 0 Å². The standard InChI is InChI=1S/C13H16N2O3/c1-18-9-12(16)5-6-15-13(17)11-4-2-3-10(7-11)8-14/h2-4,7,12,16H,5-6,9H2,1H3,(H,15,17). The van der Waals surface area contributed by atoms with Crippen molar-refractivity contribution in [2.24, 2.45) is 0 Å². The van der Waals surface area contributed by atoms with Gasteiger partial charge in [0.2, 0.25) is 0 Å². The fourth-order valence-electron chi connectivity index (χ4n) is 1.46.